The van der Waals surface area contributed by atoms with Gasteiger partial charge in [0.05, 0.1) is 16.5 Å². The minimum absolute atomic E-state index is 0. The van der Waals surface area contributed by atoms with Crippen molar-refractivity contribution in [3.05, 3.63) is 133 Å². The Hall–Kier alpha value is -3.59. The van der Waals surface area contributed by atoms with Crippen molar-refractivity contribution in [2.24, 2.45) is 0 Å². The molecule has 3 aromatic carbocycles. The quantitative estimate of drug-likeness (QED) is 0.126. The number of furan rings is 1. The number of allylic oxidation sites excluding steroid dienone is 3. The largest absolute Gasteiger partial charge is 3.00 e. The SMILES string of the molecule is C=C/C=C\C(=[N-])c1[c-]cccc1.[2H]c1nc(-c2[c-]c([2H])c3c(oc4c([2H])c([2H])c([2H])c([2H])c43)c2[2H])c([2H])c([2H])c1[2H].[Ir+3]. The van der Waals surface area contributed by atoms with E-state index in [9.17, 15) is 5.41 Å². The van der Waals surface area contributed by atoms with Gasteiger partial charge in [-0.2, -0.15) is 5.56 Å². The first kappa shape index (κ1) is 13.1. The molecule has 0 aliphatic carbocycles. The number of para-hydroxylation sites is 1. The van der Waals surface area contributed by atoms with Crippen LogP contribution in [0, 0.1) is 12.1 Å². The van der Waals surface area contributed by atoms with Crippen LogP contribution in [0.5, 0.6) is 0 Å². The van der Waals surface area contributed by atoms with Crippen LogP contribution >= 0.6 is 0 Å². The molecule has 2 heterocycles. The van der Waals surface area contributed by atoms with Crippen LogP contribution in [0.15, 0.2) is 114 Å². The zero-order chi connectivity index (χ0) is 30.2. The van der Waals surface area contributed by atoms with E-state index in [4.69, 9.17) is 18.1 Å². The molecule has 3 nitrogen and oxygen atoms in total. The molecule has 5 aromatic rings. The number of pyridine rings is 1. The second kappa shape index (κ2) is 11.1. The van der Waals surface area contributed by atoms with Crippen molar-refractivity contribution in [2.45, 2.75) is 0 Å². The Labute approximate surface area is 215 Å². The first-order valence-corrected chi connectivity index (χ1v) is 9.02. The molecule has 0 amide bonds. The third kappa shape index (κ3) is 5.36. The van der Waals surface area contributed by atoms with E-state index < -0.39 is 48.5 Å². The number of fused-ring (bicyclic) bond motifs is 3. The molecule has 0 unspecified atom stereocenters. The summed E-state index contributed by atoms with van der Waals surface area (Å²) in [5.74, 6) is 0. The van der Waals surface area contributed by atoms with Gasteiger partial charge in [-0.05, 0) is 23.2 Å². The smallest absolute Gasteiger partial charge is 0.855 e. The van der Waals surface area contributed by atoms with Gasteiger partial charge in [0.2, 0.25) is 0 Å². The predicted octanol–water partition coefficient (Wildman–Crippen LogP) is 7.03. The molecule has 0 spiro atoms. The Morgan fingerprint density at radius 3 is 2.72 bits per heavy atom. The average Bonchev–Trinajstić information content (AvgIpc) is 3.39. The number of benzene rings is 3. The van der Waals surface area contributed by atoms with Crippen molar-refractivity contribution in [3.63, 3.8) is 0 Å². The van der Waals surface area contributed by atoms with Crippen LogP contribution in [0.25, 0.3) is 38.6 Å². The third-order valence-corrected chi connectivity index (χ3v) is 3.96. The van der Waals surface area contributed by atoms with Gasteiger partial charge >= 0.3 is 20.1 Å². The van der Waals surface area contributed by atoms with E-state index in [2.05, 4.69) is 23.7 Å². The standard InChI is InChI=1S/C17H10NO.C11H9N.Ir/c1-2-7-16-13(5-1)14-9-8-12(11-17(14)19-16)15-6-3-4-10-18-15;1-2-3-9-11(12)10-7-5-4-6-8-10;/h1-7,9-11H;2-7,9H,1H2;/q-1;-2;+3/b;9-3-;/i1D,2D,3D,4D,5D,6D,7D,9D,10D,11D;;. The van der Waals surface area contributed by atoms with Crippen molar-refractivity contribution in [1.82, 2.24) is 4.98 Å². The second-order valence-corrected chi connectivity index (χ2v) is 5.96. The fraction of sp³-hybridized carbons (Fsp3) is 0. The molecule has 0 atom stereocenters. The first-order valence-electron chi connectivity index (χ1n) is 14.0. The summed E-state index contributed by atoms with van der Waals surface area (Å²) in [5.41, 5.74) is 0.00718. The Kier molecular flexibility index (Phi) is 4.55. The maximum Gasteiger partial charge on any atom is 3.00 e. The number of hydrogen-bond donors (Lipinski definition) is 0. The van der Waals surface area contributed by atoms with Crippen molar-refractivity contribution >= 4 is 27.7 Å². The predicted molar refractivity (Wildman–Crippen MR) is 128 cm³/mol. The van der Waals surface area contributed by atoms with Gasteiger partial charge < -0.3 is 14.8 Å². The third-order valence-electron chi connectivity index (χ3n) is 3.96. The molecule has 0 N–H and O–H groups in total. The Bertz CT molecular complexity index is 1890. The van der Waals surface area contributed by atoms with E-state index >= 15 is 0 Å². The molecule has 0 aliphatic heterocycles. The van der Waals surface area contributed by atoms with Gasteiger partial charge in [0.25, 0.3) is 0 Å². The molecule has 4 heteroatoms. The van der Waals surface area contributed by atoms with Gasteiger partial charge in [-0.3, -0.25) is 0 Å². The van der Waals surface area contributed by atoms with Gasteiger partial charge in [0, 0.05) is 8.91 Å². The second-order valence-electron chi connectivity index (χ2n) is 5.96. The number of nitrogens with zero attached hydrogens (tertiary/aromatic N) is 2. The summed E-state index contributed by atoms with van der Waals surface area (Å²) < 4.78 is 85.0. The zero-order valence-corrected chi connectivity index (χ0v) is 18.8. The van der Waals surface area contributed by atoms with E-state index in [1.54, 1.807) is 30.4 Å². The molecule has 0 aliphatic rings. The Balaban J connectivity index is 0.000000315. The average molecular weight is 602 g/mol. The number of hydrogen-bond acceptors (Lipinski definition) is 2. The molecule has 2 aromatic heterocycles. The van der Waals surface area contributed by atoms with Gasteiger partial charge in [-0.1, -0.05) is 60.4 Å². The van der Waals surface area contributed by atoms with Gasteiger partial charge in [-0.25, -0.2) is 5.71 Å². The van der Waals surface area contributed by atoms with Crippen LogP contribution < -0.4 is 0 Å². The maximum absolute atomic E-state index is 9.40. The first-order chi connectivity index (χ1) is 19.4. The van der Waals surface area contributed by atoms with Gasteiger partial charge in [0.1, 0.15) is 5.58 Å². The molecule has 0 bridgehead atoms. The molecule has 0 fully saturated rings. The Morgan fingerprint density at radius 2 is 1.91 bits per heavy atom. The van der Waals surface area contributed by atoms with Crippen LogP contribution in [0.3, 0.4) is 0 Å². The van der Waals surface area contributed by atoms with Crippen LogP contribution in [0.4, 0.5) is 0 Å². The summed E-state index contributed by atoms with van der Waals surface area (Å²) in [4.78, 5) is 3.79. The topological polar surface area (TPSA) is 48.3 Å². The molecule has 32 heavy (non-hydrogen) atoms. The number of aromatic nitrogens is 1. The van der Waals surface area contributed by atoms with Crippen molar-refractivity contribution in [2.75, 3.05) is 0 Å². The number of rotatable bonds is 4. The Morgan fingerprint density at radius 1 is 1.06 bits per heavy atom. The minimum Gasteiger partial charge on any atom is -0.855 e. The van der Waals surface area contributed by atoms with Crippen LogP contribution in [0.2, 0.25) is 0 Å². The van der Waals surface area contributed by atoms with Crippen molar-refractivity contribution in [1.29, 1.82) is 0 Å². The minimum atomic E-state index is -0.565. The van der Waals surface area contributed by atoms with Crippen molar-refractivity contribution in [3.8, 4) is 11.3 Å². The zero-order valence-electron chi connectivity index (χ0n) is 26.4. The maximum atomic E-state index is 9.40. The van der Waals surface area contributed by atoms with Crippen LogP contribution in [-0.2, 0) is 20.1 Å². The summed E-state index contributed by atoms with van der Waals surface area (Å²) >= 11 is 0. The summed E-state index contributed by atoms with van der Waals surface area (Å²) in [7, 11) is 0. The molecular weight excluding hydrogens is 573 g/mol. The van der Waals surface area contributed by atoms with E-state index in [0.29, 0.717) is 5.56 Å². The van der Waals surface area contributed by atoms with Crippen molar-refractivity contribution < 1.29 is 38.2 Å². The molecule has 156 valence electrons. The van der Waals surface area contributed by atoms with E-state index in [1.807, 2.05) is 12.1 Å². The normalized spacial score (nSPS) is 14.8. The molecule has 5 rings (SSSR count). The molecular formula is C28H19IrN2O. The molecule has 0 saturated carbocycles. The summed E-state index contributed by atoms with van der Waals surface area (Å²) in [6, 6.07) is 8.53. The fourth-order valence-electron chi connectivity index (χ4n) is 2.57. The molecule has 0 radical (unpaired) electrons. The van der Waals surface area contributed by atoms with Crippen LogP contribution in [0.1, 0.15) is 19.3 Å². The summed E-state index contributed by atoms with van der Waals surface area (Å²) in [6.07, 6.45) is 4.30. The monoisotopic (exact) mass is 602 g/mol. The van der Waals surface area contributed by atoms with Gasteiger partial charge in [-0.15, -0.1) is 54.1 Å². The summed E-state index contributed by atoms with van der Waals surface area (Å²) in [5, 5.41) is 9.33. The van der Waals surface area contributed by atoms with E-state index in [0.717, 1.165) is 0 Å². The molecule has 0 saturated heterocycles. The van der Waals surface area contributed by atoms with E-state index in [1.165, 1.54) is 0 Å². The summed E-state index contributed by atoms with van der Waals surface area (Å²) in [6.45, 7) is 3.50. The van der Waals surface area contributed by atoms with E-state index in [-0.39, 0.29) is 71.1 Å². The van der Waals surface area contributed by atoms with Crippen LogP contribution in [-0.4, -0.2) is 10.7 Å². The fourth-order valence-corrected chi connectivity index (χ4v) is 2.57. The van der Waals surface area contributed by atoms with Gasteiger partial charge in [0.15, 0.2) is 0 Å².